The van der Waals surface area contributed by atoms with Crippen molar-refractivity contribution in [2.24, 2.45) is 0 Å². The van der Waals surface area contributed by atoms with Crippen molar-refractivity contribution < 1.29 is 23.8 Å². The molecule has 1 aromatic carbocycles. The first-order valence-electron chi connectivity index (χ1n) is 7.64. The van der Waals surface area contributed by atoms with Gasteiger partial charge in [0.25, 0.3) is 0 Å². The van der Waals surface area contributed by atoms with E-state index in [9.17, 15) is 9.59 Å². The van der Waals surface area contributed by atoms with Gasteiger partial charge in [-0.15, -0.1) is 0 Å². The van der Waals surface area contributed by atoms with Crippen molar-refractivity contribution in [1.82, 2.24) is 5.32 Å². The molecule has 1 aliphatic heterocycles. The van der Waals surface area contributed by atoms with Crippen LogP contribution in [0.15, 0.2) is 30.3 Å². The van der Waals surface area contributed by atoms with Gasteiger partial charge in [0, 0.05) is 0 Å². The molecule has 6 heteroatoms. The van der Waals surface area contributed by atoms with Crippen molar-refractivity contribution in [3.63, 3.8) is 0 Å². The fraction of sp³-hybridized carbons (Fsp3) is 0.529. The Morgan fingerprint density at radius 3 is 2.65 bits per heavy atom. The molecule has 2 atom stereocenters. The topological polar surface area (TPSA) is 73.9 Å². The van der Waals surface area contributed by atoms with Crippen LogP contribution in [0.3, 0.4) is 0 Å². The van der Waals surface area contributed by atoms with Crippen molar-refractivity contribution in [1.29, 1.82) is 0 Å². The molecule has 0 aromatic heterocycles. The summed E-state index contributed by atoms with van der Waals surface area (Å²) in [5, 5.41) is 2.72. The van der Waals surface area contributed by atoms with Crippen molar-refractivity contribution >= 4 is 12.1 Å². The third-order valence-electron chi connectivity index (χ3n) is 3.25. The summed E-state index contributed by atoms with van der Waals surface area (Å²) in [4.78, 5) is 23.4. The molecule has 0 aliphatic carbocycles. The molecule has 1 aliphatic rings. The fourth-order valence-corrected chi connectivity index (χ4v) is 2.20. The fourth-order valence-electron chi connectivity index (χ4n) is 2.20. The quantitative estimate of drug-likeness (QED) is 0.862. The highest BCUT2D eigenvalue weighted by Crippen LogP contribution is 2.16. The predicted molar refractivity (Wildman–Crippen MR) is 83.8 cm³/mol. The number of rotatable bonds is 4. The van der Waals surface area contributed by atoms with Crippen LogP contribution in [0.5, 0.6) is 0 Å². The number of ether oxygens (including phenoxy) is 3. The normalized spacial score (nSPS) is 21.4. The molecule has 0 radical (unpaired) electrons. The zero-order valence-corrected chi connectivity index (χ0v) is 13.7. The maximum absolute atomic E-state index is 11.9. The molecule has 126 valence electrons. The molecule has 23 heavy (non-hydrogen) atoms. The molecule has 1 fully saturated rings. The molecule has 2 rings (SSSR count). The third-order valence-corrected chi connectivity index (χ3v) is 3.25. The van der Waals surface area contributed by atoms with E-state index in [-0.39, 0.29) is 19.0 Å². The van der Waals surface area contributed by atoms with E-state index in [2.05, 4.69) is 5.32 Å². The highest BCUT2D eigenvalue weighted by molar-refractivity contribution is 5.72. The Balaban J connectivity index is 1.93. The summed E-state index contributed by atoms with van der Waals surface area (Å²) < 4.78 is 16.1. The van der Waals surface area contributed by atoms with Crippen LogP contribution in [0, 0.1) is 0 Å². The molecular weight excluding hydrogens is 298 g/mol. The van der Waals surface area contributed by atoms with Crippen molar-refractivity contribution in [3.05, 3.63) is 35.9 Å². The number of hydrogen-bond acceptors (Lipinski definition) is 5. The summed E-state index contributed by atoms with van der Waals surface area (Å²) >= 11 is 0. The minimum Gasteiger partial charge on any atom is -0.463 e. The summed E-state index contributed by atoms with van der Waals surface area (Å²) in [5.74, 6) is -0.328. The van der Waals surface area contributed by atoms with Gasteiger partial charge in [-0.05, 0) is 26.3 Å². The van der Waals surface area contributed by atoms with E-state index in [0.717, 1.165) is 5.56 Å². The Morgan fingerprint density at radius 1 is 1.30 bits per heavy atom. The molecule has 1 N–H and O–H groups in total. The van der Waals surface area contributed by atoms with Crippen LogP contribution in [0.1, 0.15) is 32.8 Å². The number of carbonyl (C=O) groups excluding carboxylic acids is 2. The number of cyclic esters (lactones) is 1. The van der Waals surface area contributed by atoms with Crippen molar-refractivity contribution in [3.8, 4) is 0 Å². The Kier molecular flexibility index (Phi) is 5.60. The molecule has 0 saturated carbocycles. The highest BCUT2D eigenvalue weighted by atomic mass is 16.6. The highest BCUT2D eigenvalue weighted by Gasteiger charge is 2.33. The smallest absolute Gasteiger partial charge is 0.408 e. The molecule has 6 nitrogen and oxygen atoms in total. The van der Waals surface area contributed by atoms with E-state index in [1.807, 2.05) is 30.3 Å². The van der Waals surface area contributed by atoms with Crippen LogP contribution in [-0.2, 0) is 25.6 Å². The first-order chi connectivity index (χ1) is 10.8. The van der Waals surface area contributed by atoms with Crippen molar-refractivity contribution in [2.45, 2.75) is 51.5 Å². The maximum Gasteiger partial charge on any atom is 0.408 e. The predicted octanol–water partition coefficient (Wildman–Crippen LogP) is 2.41. The van der Waals surface area contributed by atoms with E-state index < -0.39 is 23.8 Å². The largest absolute Gasteiger partial charge is 0.463 e. The zero-order chi connectivity index (χ0) is 16.9. The molecule has 1 heterocycles. The second-order valence-corrected chi connectivity index (χ2v) is 6.47. The minimum atomic E-state index is -0.587. The number of benzene rings is 1. The Hall–Kier alpha value is -2.08. The van der Waals surface area contributed by atoms with E-state index in [1.54, 1.807) is 20.8 Å². The lowest BCUT2D eigenvalue weighted by atomic mass is 10.1. The lowest BCUT2D eigenvalue weighted by Gasteiger charge is -2.32. The Morgan fingerprint density at radius 2 is 2.00 bits per heavy atom. The minimum absolute atomic E-state index is 0.0809. The number of amides is 1. The van der Waals surface area contributed by atoms with Crippen molar-refractivity contribution in [2.75, 3.05) is 6.61 Å². The van der Waals surface area contributed by atoms with Gasteiger partial charge in [-0.2, -0.15) is 0 Å². The first-order valence-corrected chi connectivity index (χ1v) is 7.64. The average Bonchev–Trinajstić information content (AvgIpc) is 2.46. The van der Waals surface area contributed by atoms with E-state index in [4.69, 9.17) is 14.2 Å². The van der Waals surface area contributed by atoms with Crippen LogP contribution >= 0.6 is 0 Å². The number of carbonyl (C=O) groups is 2. The lowest BCUT2D eigenvalue weighted by Crippen LogP contribution is -2.52. The lowest BCUT2D eigenvalue weighted by molar-refractivity contribution is -0.157. The number of alkyl carbamates (subject to hydrolysis) is 1. The van der Waals surface area contributed by atoms with Crippen LogP contribution in [0.2, 0.25) is 0 Å². The molecule has 0 bridgehead atoms. The average molecular weight is 321 g/mol. The summed E-state index contributed by atoms with van der Waals surface area (Å²) in [6, 6.07) is 9.23. The van der Waals surface area contributed by atoms with Gasteiger partial charge < -0.3 is 19.5 Å². The summed E-state index contributed by atoms with van der Waals surface area (Å²) in [6.45, 7) is 5.81. The molecule has 0 spiro atoms. The Bertz CT molecular complexity index is 538. The van der Waals surface area contributed by atoms with Crippen LogP contribution in [0.4, 0.5) is 4.79 Å². The molecule has 1 amide bonds. The molecule has 1 aromatic rings. The standard InChI is InChI=1S/C17H23NO5/c1-17(2,3)23-16(20)18-13-11-22-15(19)9-14(13)21-10-12-7-5-4-6-8-12/h4-8,13-14H,9-11H2,1-3H3,(H,18,20)/t13-,14+/m1/s1. The second kappa shape index (κ2) is 7.46. The second-order valence-electron chi connectivity index (χ2n) is 6.47. The van der Waals surface area contributed by atoms with E-state index >= 15 is 0 Å². The monoisotopic (exact) mass is 321 g/mol. The number of nitrogens with one attached hydrogen (secondary N) is 1. The van der Waals surface area contributed by atoms with Crippen LogP contribution in [-0.4, -0.2) is 36.4 Å². The Labute approximate surface area is 136 Å². The third kappa shape index (κ3) is 5.90. The first kappa shape index (κ1) is 17.3. The van der Waals surface area contributed by atoms with Gasteiger partial charge in [0.2, 0.25) is 0 Å². The molecule has 0 unspecified atom stereocenters. The summed E-state index contributed by atoms with van der Waals surface area (Å²) in [5.41, 5.74) is 0.415. The van der Waals surface area contributed by atoms with Gasteiger partial charge in [0.15, 0.2) is 0 Å². The zero-order valence-electron chi connectivity index (χ0n) is 13.7. The SMILES string of the molecule is CC(C)(C)OC(=O)N[C@@H]1COC(=O)C[C@@H]1OCc1ccccc1. The van der Waals surface area contributed by atoms with Gasteiger partial charge in [-0.1, -0.05) is 30.3 Å². The van der Waals surface area contributed by atoms with Crippen LogP contribution < -0.4 is 5.32 Å². The number of hydrogen-bond donors (Lipinski definition) is 1. The maximum atomic E-state index is 11.9. The number of esters is 1. The van der Waals surface area contributed by atoms with Gasteiger partial charge in [0.05, 0.1) is 25.2 Å². The van der Waals surface area contributed by atoms with E-state index in [1.165, 1.54) is 0 Å². The molecular formula is C17H23NO5. The summed E-state index contributed by atoms with van der Waals surface area (Å²) in [6.07, 6.45) is -0.884. The van der Waals surface area contributed by atoms with Gasteiger partial charge in [0.1, 0.15) is 12.2 Å². The molecule has 1 saturated heterocycles. The van der Waals surface area contributed by atoms with Gasteiger partial charge in [-0.25, -0.2) is 4.79 Å². The van der Waals surface area contributed by atoms with Crippen LogP contribution in [0.25, 0.3) is 0 Å². The van der Waals surface area contributed by atoms with Gasteiger partial charge in [-0.3, -0.25) is 4.79 Å². The van der Waals surface area contributed by atoms with E-state index in [0.29, 0.717) is 6.61 Å². The summed E-state index contributed by atoms with van der Waals surface area (Å²) in [7, 11) is 0. The van der Waals surface area contributed by atoms with Gasteiger partial charge >= 0.3 is 12.1 Å².